The molecule has 8 nitrogen and oxygen atoms in total. The molecular weight excluding hydrogens is 346 g/mol. The number of hydrogen-bond acceptors (Lipinski definition) is 5. The quantitative estimate of drug-likeness (QED) is 0.354. The van der Waals surface area contributed by atoms with Crippen LogP contribution >= 0.6 is 0 Å². The van der Waals surface area contributed by atoms with Gasteiger partial charge in [0.2, 0.25) is 6.29 Å². The molecule has 0 aliphatic carbocycles. The third kappa shape index (κ3) is 15.0. The van der Waals surface area contributed by atoms with Crippen LogP contribution in [0.1, 0.15) is 50.3 Å². The van der Waals surface area contributed by atoms with Crippen LogP contribution in [0.4, 0.5) is 4.79 Å². The Morgan fingerprint density at radius 1 is 1.08 bits per heavy atom. The third-order valence-electron chi connectivity index (χ3n) is 2.83. The summed E-state index contributed by atoms with van der Waals surface area (Å²) in [5, 5.41) is 11.4. The van der Waals surface area contributed by atoms with Crippen molar-refractivity contribution in [2.45, 2.75) is 53.8 Å². The van der Waals surface area contributed by atoms with Gasteiger partial charge in [0.05, 0.1) is 5.92 Å². The summed E-state index contributed by atoms with van der Waals surface area (Å²) < 4.78 is 9.79. The standard InChI is InChI=1S/C15H27NO6.Ca.H2O.2H/c1-9(2)6-12(7-13(17)18)8-16-15(20)22-11(5)21-14(19)10(3)4;;;;/h9-12H,6-8H2,1-5H3,(H,16,20)(H,17,18);;1H2;;/q;+2;;2*-1/t11-,12+;;;;/m1..../s1. The van der Waals surface area contributed by atoms with E-state index in [2.05, 4.69) is 5.32 Å². The average molecular weight is 377 g/mol. The van der Waals surface area contributed by atoms with Crippen LogP contribution in [0, 0.1) is 17.8 Å². The number of carboxylic acids is 1. The van der Waals surface area contributed by atoms with Crippen molar-refractivity contribution >= 4 is 55.8 Å². The van der Waals surface area contributed by atoms with Crippen LogP contribution in [0.3, 0.4) is 0 Å². The Kier molecular flexibility index (Phi) is 17.4. The SMILES string of the molecule is CC(C)C[C@H](CNC(=O)O[C@H](C)OC(=O)C(C)C)CC(=O)O.O.[Ca+2].[H-].[H-]. The zero-order chi connectivity index (χ0) is 17.3. The van der Waals surface area contributed by atoms with Crippen molar-refractivity contribution in [3.05, 3.63) is 0 Å². The summed E-state index contributed by atoms with van der Waals surface area (Å²) in [7, 11) is 0. The number of carbonyl (C=O) groups excluding carboxylic acids is 2. The second-order valence-electron chi connectivity index (χ2n) is 6.04. The topological polar surface area (TPSA) is 133 Å². The molecule has 0 spiro atoms. The maximum Gasteiger partial charge on any atom is 2.00 e. The Bertz CT molecular complexity index is 398. The number of amides is 1. The zero-order valence-electron chi connectivity index (χ0n) is 17.1. The molecule has 0 fully saturated rings. The first-order valence-electron chi connectivity index (χ1n) is 7.48. The van der Waals surface area contributed by atoms with Crippen molar-refractivity contribution < 1.29 is 37.3 Å². The Morgan fingerprint density at radius 2 is 1.62 bits per heavy atom. The number of hydrogen-bond donors (Lipinski definition) is 2. The summed E-state index contributed by atoms with van der Waals surface area (Å²) in [6.45, 7) is 8.98. The first-order chi connectivity index (χ1) is 10.1. The van der Waals surface area contributed by atoms with Crippen molar-refractivity contribution in [2.75, 3.05) is 6.54 Å². The molecule has 1 amide bonds. The van der Waals surface area contributed by atoms with Crippen molar-refractivity contribution in [1.82, 2.24) is 5.32 Å². The van der Waals surface area contributed by atoms with E-state index in [1.165, 1.54) is 6.92 Å². The fourth-order valence-electron chi connectivity index (χ4n) is 1.90. The van der Waals surface area contributed by atoms with E-state index in [1.54, 1.807) is 13.8 Å². The van der Waals surface area contributed by atoms with Gasteiger partial charge in [0.25, 0.3) is 0 Å². The summed E-state index contributed by atoms with van der Waals surface area (Å²) in [6, 6.07) is 0. The van der Waals surface area contributed by atoms with E-state index in [0.29, 0.717) is 12.3 Å². The molecule has 0 aromatic carbocycles. The Hall–Kier alpha value is -0.570. The number of alkyl carbamates (subject to hydrolysis) is 1. The van der Waals surface area contributed by atoms with Crippen LogP contribution in [0.15, 0.2) is 0 Å². The van der Waals surface area contributed by atoms with E-state index in [1.807, 2.05) is 13.8 Å². The predicted molar refractivity (Wildman–Crippen MR) is 91.7 cm³/mol. The first kappa shape index (κ1) is 28.2. The van der Waals surface area contributed by atoms with Crippen LogP contribution in [0.25, 0.3) is 0 Å². The molecule has 2 atom stereocenters. The van der Waals surface area contributed by atoms with Crippen LogP contribution in [0.5, 0.6) is 0 Å². The molecule has 0 aromatic heterocycles. The predicted octanol–water partition coefficient (Wildman–Crippen LogP) is 1.41. The summed E-state index contributed by atoms with van der Waals surface area (Å²) in [5.41, 5.74) is 0. The fraction of sp³-hybridized carbons (Fsp3) is 0.800. The van der Waals surface area contributed by atoms with Gasteiger partial charge < -0.3 is 28.2 Å². The van der Waals surface area contributed by atoms with Crippen LogP contribution in [0.2, 0.25) is 0 Å². The normalized spacial score (nSPS) is 12.5. The Balaban J connectivity index is -0.000000367. The molecule has 0 bridgehead atoms. The average Bonchev–Trinajstić information content (AvgIpc) is 2.34. The smallest absolute Gasteiger partial charge is 1.00 e. The molecule has 0 aromatic rings. The molecule has 0 aliphatic heterocycles. The van der Waals surface area contributed by atoms with E-state index < -0.39 is 24.3 Å². The molecule has 24 heavy (non-hydrogen) atoms. The number of ether oxygens (including phenoxy) is 2. The molecule has 0 aliphatic rings. The van der Waals surface area contributed by atoms with Gasteiger partial charge in [0, 0.05) is 19.9 Å². The van der Waals surface area contributed by atoms with Crippen molar-refractivity contribution in [3.63, 3.8) is 0 Å². The second kappa shape index (κ2) is 14.7. The van der Waals surface area contributed by atoms with E-state index in [4.69, 9.17) is 14.6 Å². The van der Waals surface area contributed by atoms with Gasteiger partial charge in [0.1, 0.15) is 0 Å². The number of nitrogens with one attached hydrogen (secondary N) is 1. The minimum Gasteiger partial charge on any atom is -1.00 e. The van der Waals surface area contributed by atoms with Crippen LogP contribution < -0.4 is 5.32 Å². The number of rotatable bonds is 9. The molecule has 0 saturated carbocycles. The summed E-state index contributed by atoms with van der Waals surface area (Å²) >= 11 is 0. The molecular formula is C15H31CaNO7. The number of esters is 1. The van der Waals surface area contributed by atoms with Crippen molar-refractivity contribution in [2.24, 2.45) is 17.8 Å². The Labute approximate surface area is 175 Å². The van der Waals surface area contributed by atoms with Crippen molar-refractivity contribution in [3.8, 4) is 0 Å². The van der Waals surface area contributed by atoms with Gasteiger partial charge in [-0.05, 0) is 18.3 Å². The van der Waals surface area contributed by atoms with E-state index in [9.17, 15) is 14.4 Å². The molecule has 0 heterocycles. The Morgan fingerprint density at radius 3 is 2.04 bits per heavy atom. The zero-order valence-corrected chi connectivity index (χ0v) is 17.3. The maximum absolute atomic E-state index is 11.6. The van der Waals surface area contributed by atoms with Crippen LogP contribution in [-0.2, 0) is 19.1 Å². The molecule has 0 radical (unpaired) electrons. The first-order valence-corrected chi connectivity index (χ1v) is 7.48. The van der Waals surface area contributed by atoms with E-state index >= 15 is 0 Å². The molecule has 0 unspecified atom stereocenters. The second-order valence-corrected chi connectivity index (χ2v) is 6.04. The number of carboxylic acid groups (broad SMARTS) is 1. The number of carbonyl (C=O) groups is 3. The summed E-state index contributed by atoms with van der Waals surface area (Å²) in [6.07, 6.45) is -1.05. The minimum atomic E-state index is -0.988. The van der Waals surface area contributed by atoms with E-state index in [-0.39, 0.29) is 70.9 Å². The largest absolute Gasteiger partial charge is 2.00 e. The summed E-state index contributed by atoms with van der Waals surface area (Å²) in [4.78, 5) is 33.8. The van der Waals surface area contributed by atoms with Gasteiger partial charge in [-0.2, -0.15) is 0 Å². The molecule has 0 saturated heterocycles. The molecule has 4 N–H and O–H groups in total. The monoisotopic (exact) mass is 377 g/mol. The minimum absolute atomic E-state index is 0. The molecule has 140 valence electrons. The van der Waals surface area contributed by atoms with Gasteiger partial charge in [0.15, 0.2) is 0 Å². The van der Waals surface area contributed by atoms with Gasteiger partial charge in [-0.3, -0.25) is 9.59 Å². The van der Waals surface area contributed by atoms with Gasteiger partial charge in [-0.15, -0.1) is 0 Å². The van der Waals surface area contributed by atoms with E-state index in [0.717, 1.165) is 0 Å². The number of aliphatic carboxylic acids is 1. The van der Waals surface area contributed by atoms with Gasteiger partial charge in [-0.25, -0.2) is 4.79 Å². The van der Waals surface area contributed by atoms with Crippen LogP contribution in [-0.4, -0.2) is 79.2 Å². The summed E-state index contributed by atoms with van der Waals surface area (Å²) in [5.74, 6) is -1.50. The molecule has 9 heteroatoms. The third-order valence-corrected chi connectivity index (χ3v) is 2.83. The molecule has 0 rings (SSSR count). The fourth-order valence-corrected chi connectivity index (χ4v) is 1.90. The van der Waals surface area contributed by atoms with Crippen molar-refractivity contribution in [1.29, 1.82) is 0 Å². The van der Waals surface area contributed by atoms with Gasteiger partial charge >= 0.3 is 55.8 Å². The maximum atomic E-state index is 11.6. The van der Waals surface area contributed by atoms with Gasteiger partial charge in [-0.1, -0.05) is 27.7 Å².